The number of benzene rings is 2. The van der Waals surface area contributed by atoms with E-state index in [4.69, 9.17) is 15.7 Å². The van der Waals surface area contributed by atoms with Gasteiger partial charge in [-0.2, -0.15) is 8.78 Å². The Morgan fingerprint density at radius 2 is 1.97 bits per heavy atom. The second-order valence-electron chi connectivity index (χ2n) is 7.39. The molecule has 1 saturated heterocycles. The summed E-state index contributed by atoms with van der Waals surface area (Å²) in [5, 5.41) is 2.22. The van der Waals surface area contributed by atoms with Gasteiger partial charge >= 0.3 is 5.92 Å². The van der Waals surface area contributed by atoms with Crippen molar-refractivity contribution in [3.63, 3.8) is 0 Å². The van der Waals surface area contributed by atoms with Gasteiger partial charge < -0.3 is 4.90 Å². The van der Waals surface area contributed by atoms with Gasteiger partial charge in [-0.25, -0.2) is 0 Å². The number of ketones is 1. The van der Waals surface area contributed by atoms with Crippen LogP contribution in [0.4, 0.5) is 8.78 Å². The number of alkyl halides is 2. The highest BCUT2D eigenvalue weighted by Gasteiger charge is 2.41. The summed E-state index contributed by atoms with van der Waals surface area (Å²) < 4.78 is 54.0. The monoisotopic (exact) mass is 463 g/mol. The van der Waals surface area contributed by atoms with Crippen molar-refractivity contribution in [3.8, 4) is 0 Å². The Bertz CT molecular complexity index is 1240. The van der Waals surface area contributed by atoms with E-state index in [1.165, 1.54) is 30.3 Å². The lowest BCUT2D eigenvalue weighted by molar-refractivity contribution is -0.144. The predicted octanol–water partition coefficient (Wildman–Crippen LogP) is 3.39. The normalized spacial score (nSPS) is 25.5. The molecule has 0 bridgehead atoms. The number of Topliss-reactive ketones (excluding diaryl/α,β-unsaturated/α-hetero) is 1. The number of imide groups is 1. The molecule has 2 aliphatic rings. The number of fused-ring (bicyclic) bond motifs is 1. The van der Waals surface area contributed by atoms with Crippen molar-refractivity contribution in [1.29, 1.82) is 0 Å². The summed E-state index contributed by atoms with van der Waals surface area (Å²) in [5.41, 5.74) is 0.111. The number of hydrogen-bond acceptors (Lipinski definition) is 4. The molecule has 32 heavy (non-hydrogen) atoms. The van der Waals surface area contributed by atoms with Crippen LogP contribution in [-0.4, -0.2) is 34.4 Å². The second kappa shape index (κ2) is 8.43. The SMILES string of the molecule is [2H]C(CC(=O)C(F)(F)c1ccc(Cl)cc1)c1ccc2c(c1)CN([C@]1([2H])C(=O)NC(=O)CC1[2H])C2=O. The number of nitrogens with zero attached hydrogens (tertiary/aromatic N) is 1. The number of carbonyl (C=O) groups is 4. The van der Waals surface area contributed by atoms with Crippen LogP contribution in [-0.2, 0) is 33.2 Å². The van der Waals surface area contributed by atoms with Gasteiger partial charge in [0.15, 0.2) is 0 Å². The van der Waals surface area contributed by atoms with E-state index in [9.17, 15) is 28.0 Å². The van der Waals surface area contributed by atoms with Gasteiger partial charge in [0.2, 0.25) is 17.6 Å². The van der Waals surface area contributed by atoms with Crippen molar-refractivity contribution in [1.82, 2.24) is 10.2 Å². The molecule has 4 rings (SSSR count). The molecule has 0 radical (unpaired) electrons. The molecule has 3 atom stereocenters. The Labute approximate surface area is 191 Å². The molecule has 0 spiro atoms. The lowest BCUT2D eigenvalue weighted by Crippen LogP contribution is -2.52. The first-order chi connectivity index (χ1) is 16.4. The Hall–Kier alpha value is -3.13. The summed E-state index contributed by atoms with van der Waals surface area (Å²) in [6, 6.07) is 6.31. The van der Waals surface area contributed by atoms with E-state index in [1.54, 1.807) is 0 Å². The first kappa shape index (κ1) is 18.4. The minimum absolute atomic E-state index is 0.127. The molecule has 2 heterocycles. The van der Waals surface area contributed by atoms with Crippen LogP contribution in [0.5, 0.6) is 0 Å². The van der Waals surface area contributed by atoms with Crippen LogP contribution in [0.1, 0.15) is 50.4 Å². The number of nitrogens with one attached hydrogen (secondary N) is 1. The summed E-state index contributed by atoms with van der Waals surface area (Å²) in [7, 11) is 0. The van der Waals surface area contributed by atoms with E-state index in [0.29, 0.717) is 5.56 Å². The lowest BCUT2D eigenvalue weighted by Gasteiger charge is -2.29. The van der Waals surface area contributed by atoms with E-state index >= 15 is 0 Å². The molecule has 2 unspecified atom stereocenters. The van der Waals surface area contributed by atoms with Gasteiger partial charge in [0.25, 0.3) is 5.91 Å². The van der Waals surface area contributed by atoms with E-state index in [-0.39, 0.29) is 22.7 Å². The fourth-order valence-corrected chi connectivity index (χ4v) is 3.70. The molecule has 2 aliphatic heterocycles. The van der Waals surface area contributed by atoms with E-state index in [1.807, 2.05) is 5.32 Å². The lowest BCUT2D eigenvalue weighted by atomic mass is 9.97. The largest absolute Gasteiger partial charge is 0.330 e. The first-order valence-electron chi connectivity index (χ1n) is 11.3. The zero-order valence-corrected chi connectivity index (χ0v) is 17.3. The Morgan fingerprint density at radius 3 is 2.66 bits per heavy atom. The third-order valence-corrected chi connectivity index (χ3v) is 5.52. The summed E-state index contributed by atoms with van der Waals surface area (Å²) >= 11 is 5.71. The zero-order valence-electron chi connectivity index (χ0n) is 19.5. The molecule has 0 saturated carbocycles. The van der Waals surface area contributed by atoms with Gasteiger partial charge in [0.1, 0.15) is 6.02 Å². The third-order valence-electron chi connectivity index (χ3n) is 5.27. The van der Waals surface area contributed by atoms with Crippen molar-refractivity contribution >= 4 is 35.1 Å². The molecule has 2 aromatic rings. The van der Waals surface area contributed by atoms with E-state index in [2.05, 4.69) is 0 Å². The van der Waals surface area contributed by atoms with Gasteiger partial charge in [-0.1, -0.05) is 35.9 Å². The Kier molecular flexibility index (Phi) is 4.86. The minimum Gasteiger partial charge on any atom is -0.322 e. The maximum Gasteiger partial charge on any atom is 0.330 e. The summed E-state index contributed by atoms with van der Waals surface area (Å²) in [6.45, 7) is -0.246. The van der Waals surface area contributed by atoms with Crippen LogP contribution >= 0.6 is 11.6 Å². The maximum absolute atomic E-state index is 14.6. The third kappa shape index (κ3) is 4.14. The fourth-order valence-electron chi connectivity index (χ4n) is 3.58. The van der Waals surface area contributed by atoms with E-state index < -0.39 is 66.6 Å². The highest BCUT2D eigenvalue weighted by molar-refractivity contribution is 6.30. The number of halogens is 3. The fraction of sp³-hybridized carbons (Fsp3) is 0.304. The number of amides is 3. The highest BCUT2D eigenvalue weighted by Crippen LogP contribution is 2.32. The molecule has 6 nitrogen and oxygen atoms in total. The number of rotatable bonds is 6. The van der Waals surface area contributed by atoms with Crippen LogP contribution in [0.15, 0.2) is 42.5 Å². The van der Waals surface area contributed by atoms with Gasteiger partial charge in [0, 0.05) is 38.3 Å². The number of aryl methyl sites for hydroxylation is 1. The van der Waals surface area contributed by atoms with Crippen molar-refractivity contribution in [3.05, 3.63) is 69.7 Å². The molecule has 1 fully saturated rings. The zero-order chi connectivity index (χ0) is 25.7. The molecule has 1 N–H and O–H groups in total. The number of carbonyl (C=O) groups excluding carboxylic acids is 4. The molecule has 0 aliphatic carbocycles. The molecular weight excluding hydrogens is 442 g/mol. The van der Waals surface area contributed by atoms with Crippen molar-refractivity contribution in [2.24, 2.45) is 0 Å². The topological polar surface area (TPSA) is 83.6 Å². The van der Waals surface area contributed by atoms with Crippen LogP contribution in [0.3, 0.4) is 0 Å². The molecule has 166 valence electrons. The van der Waals surface area contributed by atoms with Gasteiger partial charge in [-0.3, -0.25) is 24.5 Å². The standard InChI is InChI=1S/C23H19ClF2N2O4/c24-16-5-3-15(4-6-16)23(25,26)19(29)9-2-13-1-7-17-14(11-13)12-28(22(17)32)18-8-10-20(30)27-21(18)31/h1,3-7,11,18H,2,8-10,12H2,(H,27,30,31)/t18-/m0/s1/i2D,8D,18D/t2?,8?,18-. The quantitative estimate of drug-likeness (QED) is 0.665. The molecule has 9 heteroatoms. The van der Waals surface area contributed by atoms with Crippen LogP contribution in [0.25, 0.3) is 0 Å². The van der Waals surface area contributed by atoms with Crippen molar-refractivity contribution in [2.75, 3.05) is 0 Å². The second-order valence-corrected chi connectivity index (χ2v) is 7.83. The smallest absolute Gasteiger partial charge is 0.322 e. The average Bonchev–Trinajstić information content (AvgIpc) is 3.13. The summed E-state index contributed by atoms with van der Waals surface area (Å²) in [5.74, 6) is -7.76. The van der Waals surface area contributed by atoms with Gasteiger partial charge in [-0.15, -0.1) is 0 Å². The van der Waals surface area contributed by atoms with Crippen LogP contribution in [0, 0.1) is 0 Å². The molecule has 0 aromatic heterocycles. The molecule has 3 amide bonds. The van der Waals surface area contributed by atoms with E-state index in [0.717, 1.165) is 17.0 Å². The van der Waals surface area contributed by atoms with Crippen molar-refractivity contribution in [2.45, 2.75) is 44.1 Å². The summed E-state index contributed by atoms with van der Waals surface area (Å²) in [4.78, 5) is 50.0. The minimum atomic E-state index is -3.82. The number of hydrogen-bond donors (Lipinski definition) is 1. The predicted molar refractivity (Wildman–Crippen MR) is 111 cm³/mol. The van der Waals surface area contributed by atoms with Gasteiger partial charge in [-0.05, 0) is 42.1 Å². The Balaban J connectivity index is 1.53. The number of piperidine rings is 1. The highest BCUT2D eigenvalue weighted by atomic mass is 35.5. The van der Waals surface area contributed by atoms with Gasteiger partial charge in [0.05, 0.1) is 1.37 Å². The molecule has 2 aromatic carbocycles. The van der Waals surface area contributed by atoms with Crippen molar-refractivity contribution < 1.29 is 32.1 Å². The summed E-state index contributed by atoms with van der Waals surface area (Å²) in [6.07, 6.45) is -4.09. The average molecular weight is 464 g/mol. The first-order valence-corrected chi connectivity index (χ1v) is 10.0. The van der Waals surface area contributed by atoms with Crippen LogP contribution < -0.4 is 5.32 Å². The van der Waals surface area contributed by atoms with Crippen LogP contribution in [0.2, 0.25) is 5.02 Å². The Morgan fingerprint density at radius 1 is 1.25 bits per heavy atom. The molecular formula is C23H19ClF2N2O4. The maximum atomic E-state index is 14.6.